The van der Waals surface area contributed by atoms with Crippen LogP contribution in [0.1, 0.15) is 49.2 Å². The fraction of sp³-hybridized carbons (Fsp3) is 0.647. The number of aryl methyl sites for hydroxylation is 1. The van der Waals surface area contributed by atoms with Gasteiger partial charge in [0.2, 0.25) is 0 Å². The largest absolute Gasteiger partial charge is 0.338 e. The van der Waals surface area contributed by atoms with E-state index in [1.807, 2.05) is 24.0 Å². The van der Waals surface area contributed by atoms with Crippen LogP contribution in [0, 0.1) is 12.8 Å². The van der Waals surface area contributed by atoms with Crippen molar-refractivity contribution >= 4 is 5.91 Å². The van der Waals surface area contributed by atoms with Crippen LogP contribution in [0.3, 0.4) is 0 Å². The molecule has 4 nitrogen and oxygen atoms in total. The predicted molar refractivity (Wildman–Crippen MR) is 85.4 cm³/mol. The first-order valence-corrected chi connectivity index (χ1v) is 8.11. The molecule has 1 fully saturated rings. The Morgan fingerprint density at radius 3 is 2.95 bits per heavy atom. The molecule has 2 heterocycles. The first kappa shape index (κ1) is 16.0. The summed E-state index contributed by atoms with van der Waals surface area (Å²) in [4.78, 5) is 18.8. The van der Waals surface area contributed by atoms with Crippen molar-refractivity contribution < 1.29 is 4.79 Å². The first-order valence-electron chi connectivity index (χ1n) is 8.11. The Bertz CT molecular complexity index is 475. The minimum atomic E-state index is 0.146. The molecule has 1 aromatic rings. The van der Waals surface area contributed by atoms with Gasteiger partial charge in [0.05, 0.1) is 0 Å². The summed E-state index contributed by atoms with van der Waals surface area (Å²) in [6.07, 6.45) is 5.04. The van der Waals surface area contributed by atoms with Gasteiger partial charge in [-0.05, 0) is 44.4 Å². The lowest BCUT2D eigenvalue weighted by Gasteiger charge is -2.39. The lowest BCUT2D eigenvalue weighted by molar-refractivity contribution is 0.0626. The number of nitrogens with one attached hydrogen (secondary N) is 1. The highest BCUT2D eigenvalue weighted by molar-refractivity contribution is 5.94. The molecule has 0 aliphatic carbocycles. The SMILES string of the molecule is CCCNC1CCN(C(=O)c2ccnc(C)c2)CC1CC. The number of amides is 1. The summed E-state index contributed by atoms with van der Waals surface area (Å²) in [5.74, 6) is 0.699. The number of likely N-dealkylation sites (tertiary alicyclic amines) is 1. The highest BCUT2D eigenvalue weighted by Crippen LogP contribution is 2.22. The highest BCUT2D eigenvalue weighted by atomic mass is 16.2. The molecule has 0 saturated carbocycles. The van der Waals surface area contributed by atoms with Gasteiger partial charge in [-0.15, -0.1) is 0 Å². The highest BCUT2D eigenvalue weighted by Gasteiger charge is 2.30. The Balaban J connectivity index is 2.01. The van der Waals surface area contributed by atoms with Gasteiger partial charge in [-0.1, -0.05) is 20.3 Å². The zero-order valence-corrected chi connectivity index (χ0v) is 13.4. The zero-order valence-electron chi connectivity index (χ0n) is 13.4. The van der Waals surface area contributed by atoms with E-state index in [9.17, 15) is 4.79 Å². The molecule has 1 aromatic heterocycles. The van der Waals surface area contributed by atoms with Crippen LogP contribution in [-0.2, 0) is 0 Å². The monoisotopic (exact) mass is 289 g/mol. The molecule has 116 valence electrons. The molecule has 0 aromatic carbocycles. The molecule has 21 heavy (non-hydrogen) atoms. The second-order valence-corrected chi connectivity index (χ2v) is 5.95. The standard InChI is InChI=1S/C17H27N3O/c1-4-8-19-16-7-10-20(12-14(16)5-2)17(21)15-6-9-18-13(3)11-15/h6,9,11,14,16,19H,4-5,7-8,10,12H2,1-3H3. The number of carbonyl (C=O) groups excluding carboxylic acids is 1. The van der Waals surface area contributed by atoms with Crippen molar-refractivity contribution in [1.29, 1.82) is 0 Å². The molecule has 2 atom stereocenters. The lowest BCUT2D eigenvalue weighted by atomic mass is 9.89. The first-order chi connectivity index (χ1) is 10.2. The predicted octanol–water partition coefficient (Wildman–Crippen LogP) is 2.63. The summed E-state index contributed by atoms with van der Waals surface area (Å²) in [5.41, 5.74) is 1.66. The molecule has 1 amide bonds. The van der Waals surface area contributed by atoms with Crippen molar-refractivity contribution in [3.05, 3.63) is 29.6 Å². The molecule has 0 spiro atoms. The molecule has 1 aliphatic heterocycles. The number of hydrogen-bond acceptors (Lipinski definition) is 3. The number of carbonyl (C=O) groups is 1. The van der Waals surface area contributed by atoms with Gasteiger partial charge in [0.15, 0.2) is 0 Å². The number of hydrogen-bond donors (Lipinski definition) is 1. The normalized spacial score (nSPS) is 22.3. The van der Waals surface area contributed by atoms with Crippen molar-refractivity contribution in [2.75, 3.05) is 19.6 Å². The Hall–Kier alpha value is -1.42. The molecule has 4 heteroatoms. The third-order valence-corrected chi connectivity index (χ3v) is 4.35. The minimum Gasteiger partial charge on any atom is -0.338 e. The van der Waals surface area contributed by atoms with Gasteiger partial charge < -0.3 is 10.2 Å². The molecule has 0 radical (unpaired) electrons. The summed E-state index contributed by atoms with van der Waals surface area (Å²) in [5, 5.41) is 3.63. The Kier molecular flexibility index (Phi) is 5.74. The summed E-state index contributed by atoms with van der Waals surface area (Å²) in [6.45, 7) is 9.11. The van der Waals surface area contributed by atoms with Crippen LogP contribution in [0.2, 0.25) is 0 Å². The number of nitrogens with zero attached hydrogens (tertiary/aromatic N) is 2. The van der Waals surface area contributed by atoms with Gasteiger partial charge in [0.25, 0.3) is 5.91 Å². The molecule has 1 aliphatic rings. The maximum atomic E-state index is 12.6. The fourth-order valence-corrected chi connectivity index (χ4v) is 3.09. The lowest BCUT2D eigenvalue weighted by Crippen LogP contribution is -2.51. The van der Waals surface area contributed by atoms with Crippen LogP contribution in [-0.4, -0.2) is 41.5 Å². The van der Waals surface area contributed by atoms with E-state index < -0.39 is 0 Å². The second kappa shape index (κ2) is 7.55. The topological polar surface area (TPSA) is 45.2 Å². The van der Waals surface area contributed by atoms with Crippen molar-refractivity contribution in [2.45, 2.75) is 46.1 Å². The van der Waals surface area contributed by atoms with E-state index in [1.165, 1.54) is 0 Å². The molecular formula is C17H27N3O. The van der Waals surface area contributed by atoms with E-state index in [0.717, 1.165) is 50.2 Å². The summed E-state index contributed by atoms with van der Waals surface area (Å²) in [6, 6.07) is 4.25. The van der Waals surface area contributed by atoms with Crippen LogP contribution >= 0.6 is 0 Å². The van der Waals surface area contributed by atoms with Crippen molar-refractivity contribution in [3.63, 3.8) is 0 Å². The third-order valence-electron chi connectivity index (χ3n) is 4.35. The molecule has 0 bridgehead atoms. The summed E-state index contributed by atoms with van der Waals surface area (Å²) < 4.78 is 0. The molecule has 1 saturated heterocycles. The summed E-state index contributed by atoms with van der Waals surface area (Å²) >= 11 is 0. The number of aromatic nitrogens is 1. The Labute approximate surface area is 127 Å². The maximum absolute atomic E-state index is 12.6. The molecule has 2 unspecified atom stereocenters. The van der Waals surface area contributed by atoms with Crippen molar-refractivity contribution in [3.8, 4) is 0 Å². The van der Waals surface area contributed by atoms with Gasteiger partial charge in [-0.25, -0.2) is 0 Å². The molecule has 2 rings (SSSR count). The van der Waals surface area contributed by atoms with Crippen LogP contribution < -0.4 is 5.32 Å². The van der Waals surface area contributed by atoms with Crippen LogP contribution in [0.15, 0.2) is 18.3 Å². The second-order valence-electron chi connectivity index (χ2n) is 5.95. The number of pyridine rings is 1. The third kappa shape index (κ3) is 4.03. The van der Waals surface area contributed by atoms with Crippen LogP contribution in [0.25, 0.3) is 0 Å². The van der Waals surface area contributed by atoms with Crippen molar-refractivity contribution in [1.82, 2.24) is 15.2 Å². The number of piperidine rings is 1. The number of rotatable bonds is 5. The van der Waals surface area contributed by atoms with E-state index in [4.69, 9.17) is 0 Å². The van der Waals surface area contributed by atoms with E-state index in [0.29, 0.717) is 12.0 Å². The van der Waals surface area contributed by atoms with Crippen LogP contribution in [0.5, 0.6) is 0 Å². The van der Waals surface area contributed by atoms with Crippen molar-refractivity contribution in [2.24, 2.45) is 5.92 Å². The van der Waals surface area contributed by atoms with E-state index in [2.05, 4.69) is 24.1 Å². The average molecular weight is 289 g/mol. The van der Waals surface area contributed by atoms with E-state index >= 15 is 0 Å². The van der Waals surface area contributed by atoms with Gasteiger partial charge in [0, 0.05) is 36.6 Å². The average Bonchev–Trinajstić information content (AvgIpc) is 2.52. The zero-order chi connectivity index (χ0) is 15.2. The Morgan fingerprint density at radius 2 is 2.29 bits per heavy atom. The van der Waals surface area contributed by atoms with Gasteiger partial charge in [-0.2, -0.15) is 0 Å². The van der Waals surface area contributed by atoms with Gasteiger partial charge in [0.1, 0.15) is 0 Å². The fourth-order valence-electron chi connectivity index (χ4n) is 3.09. The van der Waals surface area contributed by atoms with Gasteiger partial charge in [-0.3, -0.25) is 9.78 Å². The maximum Gasteiger partial charge on any atom is 0.253 e. The Morgan fingerprint density at radius 1 is 1.48 bits per heavy atom. The molecular weight excluding hydrogens is 262 g/mol. The quantitative estimate of drug-likeness (QED) is 0.906. The van der Waals surface area contributed by atoms with Gasteiger partial charge >= 0.3 is 0 Å². The van der Waals surface area contributed by atoms with E-state index in [1.54, 1.807) is 6.20 Å². The smallest absolute Gasteiger partial charge is 0.253 e. The van der Waals surface area contributed by atoms with E-state index in [-0.39, 0.29) is 5.91 Å². The summed E-state index contributed by atoms with van der Waals surface area (Å²) in [7, 11) is 0. The van der Waals surface area contributed by atoms with Crippen LogP contribution in [0.4, 0.5) is 0 Å². The molecule has 1 N–H and O–H groups in total. The minimum absolute atomic E-state index is 0.146.